The minimum atomic E-state index is -0.726. The molecule has 2 atom stereocenters. The molecule has 0 heterocycles. The molecule has 0 aromatic rings. The van der Waals surface area contributed by atoms with Gasteiger partial charge < -0.3 is 10.5 Å². The molecule has 0 spiro atoms. The predicted molar refractivity (Wildman–Crippen MR) is 85.8 cm³/mol. The average Bonchev–Trinajstić information content (AvgIpc) is 2.37. The summed E-state index contributed by atoms with van der Waals surface area (Å²) in [5, 5.41) is 0. The van der Waals surface area contributed by atoms with Crippen LogP contribution in [0, 0.1) is 17.3 Å². The van der Waals surface area contributed by atoms with Gasteiger partial charge in [-0.1, -0.05) is 34.1 Å². The van der Waals surface area contributed by atoms with Crippen LogP contribution in [0.4, 0.5) is 0 Å². The number of carbonyl (C=O) groups is 1. The summed E-state index contributed by atoms with van der Waals surface area (Å²) in [5.41, 5.74) is 5.91. The molecule has 0 aliphatic heterocycles. The molecule has 3 heteroatoms. The van der Waals surface area contributed by atoms with E-state index in [2.05, 4.69) is 27.7 Å². The van der Waals surface area contributed by atoms with Crippen LogP contribution in [-0.4, -0.2) is 17.6 Å². The molecular weight excluding hydrogens is 262 g/mol. The first-order valence-corrected chi connectivity index (χ1v) is 8.74. The van der Waals surface area contributed by atoms with Crippen LogP contribution in [0.5, 0.6) is 0 Å². The topological polar surface area (TPSA) is 52.3 Å². The molecule has 2 saturated carbocycles. The number of rotatable bonds is 3. The lowest BCUT2D eigenvalue weighted by Gasteiger charge is -2.41. The van der Waals surface area contributed by atoms with Gasteiger partial charge in [0.05, 0.1) is 0 Å². The zero-order chi connectivity index (χ0) is 15.7. The van der Waals surface area contributed by atoms with Gasteiger partial charge in [-0.15, -0.1) is 0 Å². The van der Waals surface area contributed by atoms with Gasteiger partial charge in [0.1, 0.15) is 11.6 Å². The van der Waals surface area contributed by atoms with Crippen molar-refractivity contribution >= 4 is 5.97 Å². The van der Waals surface area contributed by atoms with E-state index in [1.54, 1.807) is 0 Å². The van der Waals surface area contributed by atoms with Crippen molar-refractivity contribution in [2.75, 3.05) is 0 Å². The number of ether oxygens (including phenoxy) is 1. The maximum atomic E-state index is 12.6. The Bertz CT molecular complexity index is 369. The Labute approximate surface area is 130 Å². The lowest BCUT2D eigenvalue weighted by molar-refractivity contribution is -0.161. The second-order valence-electron chi connectivity index (χ2n) is 8.45. The van der Waals surface area contributed by atoms with Gasteiger partial charge in [0, 0.05) is 0 Å². The fourth-order valence-electron chi connectivity index (χ4n) is 4.42. The smallest absolute Gasteiger partial charge is 0.326 e. The molecule has 2 aliphatic carbocycles. The van der Waals surface area contributed by atoms with Crippen molar-refractivity contribution in [3.05, 3.63) is 0 Å². The van der Waals surface area contributed by atoms with E-state index < -0.39 is 5.54 Å². The molecule has 2 unspecified atom stereocenters. The normalized spacial score (nSPS) is 39.8. The number of hydrogen-bond acceptors (Lipinski definition) is 3. The van der Waals surface area contributed by atoms with Gasteiger partial charge in [-0.25, -0.2) is 0 Å². The number of carbonyl (C=O) groups excluding carboxylic acids is 1. The largest absolute Gasteiger partial charge is 0.461 e. The van der Waals surface area contributed by atoms with Gasteiger partial charge in [-0.3, -0.25) is 4.79 Å². The van der Waals surface area contributed by atoms with Gasteiger partial charge in [0.15, 0.2) is 0 Å². The van der Waals surface area contributed by atoms with Crippen molar-refractivity contribution in [3.8, 4) is 0 Å². The monoisotopic (exact) mass is 295 g/mol. The Morgan fingerprint density at radius 1 is 1.24 bits per heavy atom. The highest BCUT2D eigenvalue weighted by molar-refractivity contribution is 5.80. The third-order valence-corrected chi connectivity index (χ3v) is 5.60. The summed E-state index contributed by atoms with van der Waals surface area (Å²) in [6.07, 6.45) is 8.13. The summed E-state index contributed by atoms with van der Waals surface area (Å²) in [6.45, 7) is 9.02. The van der Waals surface area contributed by atoms with Crippen molar-refractivity contribution in [1.29, 1.82) is 0 Å². The van der Waals surface area contributed by atoms with E-state index in [4.69, 9.17) is 10.5 Å². The fraction of sp³-hybridized carbons (Fsp3) is 0.944. The summed E-state index contributed by atoms with van der Waals surface area (Å²) in [6, 6.07) is 0. The van der Waals surface area contributed by atoms with Crippen LogP contribution in [0.1, 0.15) is 79.1 Å². The molecule has 0 bridgehead atoms. The van der Waals surface area contributed by atoms with Crippen molar-refractivity contribution in [2.45, 2.75) is 90.7 Å². The average molecular weight is 295 g/mol. The highest BCUT2D eigenvalue weighted by atomic mass is 16.5. The number of nitrogens with two attached hydrogens (primary N) is 1. The molecule has 0 radical (unpaired) electrons. The SMILES string of the molecule is CCC1CCC(N)(C(=O)OC2CC(C)CC(C)(C)C2)CC1. The van der Waals surface area contributed by atoms with E-state index in [1.807, 2.05) is 0 Å². The summed E-state index contributed by atoms with van der Waals surface area (Å²) >= 11 is 0. The Morgan fingerprint density at radius 2 is 1.86 bits per heavy atom. The van der Waals surface area contributed by atoms with Crippen LogP contribution in [0.2, 0.25) is 0 Å². The molecule has 21 heavy (non-hydrogen) atoms. The van der Waals surface area contributed by atoms with Crippen LogP contribution >= 0.6 is 0 Å². The van der Waals surface area contributed by atoms with Crippen molar-refractivity contribution in [2.24, 2.45) is 23.0 Å². The Kier molecular flexibility index (Phi) is 5.02. The van der Waals surface area contributed by atoms with Crippen LogP contribution in [0.15, 0.2) is 0 Å². The molecule has 122 valence electrons. The van der Waals surface area contributed by atoms with Crippen LogP contribution in [-0.2, 0) is 9.53 Å². The molecule has 2 aliphatic rings. The first-order chi connectivity index (χ1) is 9.74. The Balaban J connectivity index is 1.92. The molecule has 2 fully saturated rings. The molecule has 0 aromatic carbocycles. The van der Waals surface area contributed by atoms with Crippen molar-refractivity contribution < 1.29 is 9.53 Å². The summed E-state index contributed by atoms with van der Waals surface area (Å²) < 4.78 is 5.84. The molecule has 0 amide bonds. The third kappa shape index (κ3) is 4.21. The molecule has 0 saturated heterocycles. The quantitative estimate of drug-likeness (QED) is 0.799. The lowest BCUT2D eigenvalue weighted by atomic mass is 9.71. The van der Waals surface area contributed by atoms with Gasteiger partial charge >= 0.3 is 5.97 Å². The molecular formula is C18H33NO2. The van der Waals surface area contributed by atoms with Crippen molar-refractivity contribution in [3.63, 3.8) is 0 Å². The minimum Gasteiger partial charge on any atom is -0.461 e. The van der Waals surface area contributed by atoms with Gasteiger partial charge in [-0.05, 0) is 62.2 Å². The number of esters is 1. The summed E-state index contributed by atoms with van der Waals surface area (Å²) in [5.74, 6) is 1.21. The molecule has 2 rings (SSSR count). The van der Waals surface area contributed by atoms with E-state index in [9.17, 15) is 4.79 Å². The second-order valence-corrected chi connectivity index (χ2v) is 8.45. The standard InChI is InChI=1S/C18H33NO2/c1-5-14-6-8-18(19,9-7-14)16(20)21-15-10-13(2)11-17(3,4)12-15/h13-15H,5-12,19H2,1-4H3. The zero-order valence-electron chi connectivity index (χ0n) is 14.3. The van der Waals surface area contributed by atoms with Crippen LogP contribution < -0.4 is 5.73 Å². The van der Waals surface area contributed by atoms with E-state index in [1.165, 1.54) is 12.8 Å². The maximum absolute atomic E-state index is 12.6. The van der Waals surface area contributed by atoms with E-state index >= 15 is 0 Å². The third-order valence-electron chi connectivity index (χ3n) is 5.60. The minimum absolute atomic E-state index is 0.0561. The first kappa shape index (κ1) is 16.8. The Morgan fingerprint density at radius 3 is 2.38 bits per heavy atom. The van der Waals surface area contributed by atoms with Crippen molar-refractivity contribution in [1.82, 2.24) is 0 Å². The highest BCUT2D eigenvalue weighted by Crippen LogP contribution is 2.40. The molecule has 3 nitrogen and oxygen atoms in total. The summed E-state index contributed by atoms with van der Waals surface area (Å²) in [7, 11) is 0. The zero-order valence-corrected chi connectivity index (χ0v) is 14.3. The highest BCUT2D eigenvalue weighted by Gasteiger charge is 2.42. The fourth-order valence-corrected chi connectivity index (χ4v) is 4.42. The maximum Gasteiger partial charge on any atom is 0.326 e. The van der Waals surface area contributed by atoms with Gasteiger partial charge in [0.25, 0.3) is 0 Å². The lowest BCUT2D eigenvalue weighted by Crippen LogP contribution is -2.53. The Hall–Kier alpha value is -0.570. The van der Waals surface area contributed by atoms with E-state index in [-0.39, 0.29) is 17.5 Å². The first-order valence-electron chi connectivity index (χ1n) is 8.74. The van der Waals surface area contributed by atoms with Gasteiger partial charge in [-0.2, -0.15) is 0 Å². The molecule has 2 N–H and O–H groups in total. The summed E-state index contributed by atoms with van der Waals surface area (Å²) in [4.78, 5) is 12.6. The van der Waals surface area contributed by atoms with E-state index in [0.29, 0.717) is 5.92 Å². The molecule has 0 aromatic heterocycles. The predicted octanol–water partition coefficient (Wildman–Crippen LogP) is 4.04. The van der Waals surface area contributed by atoms with E-state index in [0.717, 1.165) is 44.4 Å². The second kappa shape index (κ2) is 6.28. The number of hydrogen-bond donors (Lipinski definition) is 1. The van der Waals surface area contributed by atoms with Gasteiger partial charge in [0.2, 0.25) is 0 Å². The van der Waals surface area contributed by atoms with Crippen LogP contribution in [0.25, 0.3) is 0 Å². The van der Waals surface area contributed by atoms with Crippen LogP contribution in [0.3, 0.4) is 0 Å².